The van der Waals surface area contributed by atoms with Crippen molar-refractivity contribution < 1.29 is 9.31 Å². The van der Waals surface area contributed by atoms with Crippen molar-refractivity contribution in [2.45, 2.75) is 52.0 Å². The Kier molecular flexibility index (Phi) is 5.15. The second kappa shape index (κ2) is 6.87. The Bertz CT molecular complexity index is 505. The topological polar surface area (TPSA) is 55.2 Å². The fourth-order valence-corrected chi connectivity index (χ4v) is 3.10. The Morgan fingerprint density at radius 1 is 1.29 bits per heavy atom. The van der Waals surface area contributed by atoms with Gasteiger partial charge in [-0.15, -0.1) is 0 Å². The molecular weight excluding hydrogens is 271 g/mol. The van der Waals surface area contributed by atoms with Crippen molar-refractivity contribution in [2.75, 3.05) is 5.32 Å². The van der Waals surface area contributed by atoms with Gasteiger partial charge in [0, 0.05) is 18.2 Å². The molecule has 1 aliphatic rings. The molecule has 2 unspecified atom stereocenters. The van der Waals surface area contributed by atoms with Gasteiger partial charge in [0.15, 0.2) is 0 Å². The van der Waals surface area contributed by atoms with E-state index < -0.39 is 10.7 Å². The van der Waals surface area contributed by atoms with Crippen LogP contribution in [0.3, 0.4) is 0 Å². The highest BCUT2D eigenvalue weighted by molar-refractivity contribution is 5.52. The summed E-state index contributed by atoms with van der Waals surface area (Å²) in [7, 11) is 0. The second-order valence-electron chi connectivity index (χ2n) is 6.27. The molecule has 1 saturated carbocycles. The molecule has 0 spiro atoms. The van der Waals surface area contributed by atoms with Crippen LogP contribution in [0.1, 0.15) is 46.0 Å². The van der Waals surface area contributed by atoms with Crippen LogP contribution in [-0.2, 0) is 0 Å². The normalized spacial score (nSPS) is 22.9. The molecule has 1 aromatic rings. The maximum atomic E-state index is 13.8. The van der Waals surface area contributed by atoms with Crippen LogP contribution in [0.5, 0.6) is 0 Å². The molecule has 5 heteroatoms. The number of rotatable bonds is 4. The first-order valence-corrected chi connectivity index (χ1v) is 7.68. The molecule has 0 aromatic heterocycles. The largest absolute Gasteiger partial charge is 0.380 e. The molecule has 2 atom stereocenters. The molecule has 1 N–H and O–H groups in total. The highest BCUT2D eigenvalue weighted by Gasteiger charge is 2.22. The number of nitro benzene ring substituents is 1. The van der Waals surface area contributed by atoms with E-state index in [2.05, 4.69) is 19.2 Å². The van der Waals surface area contributed by atoms with Gasteiger partial charge in [-0.05, 0) is 37.2 Å². The van der Waals surface area contributed by atoms with Crippen LogP contribution >= 0.6 is 0 Å². The van der Waals surface area contributed by atoms with Crippen molar-refractivity contribution in [1.82, 2.24) is 0 Å². The number of nitrogens with one attached hydrogen (secondary N) is 1. The minimum atomic E-state index is -0.494. The summed E-state index contributed by atoms with van der Waals surface area (Å²) in [6, 6.07) is 3.85. The maximum Gasteiger partial charge on any atom is 0.271 e. The van der Waals surface area contributed by atoms with Gasteiger partial charge in [-0.1, -0.05) is 26.7 Å². The van der Waals surface area contributed by atoms with Crippen molar-refractivity contribution in [3.63, 3.8) is 0 Å². The van der Waals surface area contributed by atoms with E-state index in [1.54, 1.807) is 0 Å². The molecular formula is C16H23FN2O2. The number of nitrogens with zero attached hydrogens (tertiary/aromatic N) is 1. The van der Waals surface area contributed by atoms with E-state index in [0.29, 0.717) is 5.92 Å². The summed E-state index contributed by atoms with van der Waals surface area (Å²) in [5.74, 6) is 0.982. The molecule has 0 heterocycles. The summed E-state index contributed by atoms with van der Waals surface area (Å²) < 4.78 is 13.8. The zero-order valence-electron chi connectivity index (χ0n) is 12.6. The SMILES string of the molecule is CC(C)C1CCCC(Nc2cc([N+](=O)[O-])ccc2F)CC1. The van der Waals surface area contributed by atoms with Gasteiger partial charge in [0.05, 0.1) is 10.6 Å². The van der Waals surface area contributed by atoms with E-state index in [1.807, 2.05) is 0 Å². The van der Waals surface area contributed by atoms with Crippen LogP contribution in [0.4, 0.5) is 15.8 Å². The van der Waals surface area contributed by atoms with Crippen LogP contribution in [0, 0.1) is 27.8 Å². The summed E-state index contributed by atoms with van der Waals surface area (Å²) in [6.07, 6.45) is 5.45. The lowest BCUT2D eigenvalue weighted by molar-refractivity contribution is -0.384. The molecule has 21 heavy (non-hydrogen) atoms. The third-order valence-corrected chi connectivity index (χ3v) is 4.48. The van der Waals surface area contributed by atoms with Gasteiger partial charge >= 0.3 is 0 Å². The number of benzene rings is 1. The van der Waals surface area contributed by atoms with Gasteiger partial charge in [-0.25, -0.2) is 4.39 Å². The zero-order valence-corrected chi connectivity index (χ0v) is 12.6. The van der Waals surface area contributed by atoms with Gasteiger partial charge in [-0.2, -0.15) is 0 Å². The van der Waals surface area contributed by atoms with Crippen molar-refractivity contribution in [3.05, 3.63) is 34.1 Å². The fraction of sp³-hybridized carbons (Fsp3) is 0.625. The maximum absolute atomic E-state index is 13.8. The van der Waals surface area contributed by atoms with Gasteiger partial charge in [-0.3, -0.25) is 10.1 Å². The quantitative estimate of drug-likeness (QED) is 0.495. The Morgan fingerprint density at radius 3 is 2.71 bits per heavy atom. The molecule has 2 rings (SSSR count). The molecule has 1 aliphatic carbocycles. The van der Waals surface area contributed by atoms with Gasteiger partial charge in [0.2, 0.25) is 0 Å². The summed E-state index contributed by atoms with van der Waals surface area (Å²) in [5, 5.41) is 13.9. The van der Waals surface area contributed by atoms with E-state index in [1.165, 1.54) is 18.6 Å². The van der Waals surface area contributed by atoms with Crippen molar-refractivity contribution in [3.8, 4) is 0 Å². The minimum Gasteiger partial charge on any atom is -0.380 e. The monoisotopic (exact) mass is 294 g/mol. The Hall–Kier alpha value is -1.65. The summed E-state index contributed by atoms with van der Waals surface area (Å²) in [5.41, 5.74) is 0.171. The first-order chi connectivity index (χ1) is 9.97. The first-order valence-electron chi connectivity index (χ1n) is 7.68. The van der Waals surface area contributed by atoms with Crippen molar-refractivity contribution >= 4 is 11.4 Å². The van der Waals surface area contributed by atoms with Gasteiger partial charge in [0.1, 0.15) is 5.82 Å². The summed E-state index contributed by atoms with van der Waals surface area (Å²) >= 11 is 0. The second-order valence-corrected chi connectivity index (χ2v) is 6.27. The molecule has 1 fully saturated rings. The lowest BCUT2D eigenvalue weighted by Gasteiger charge is -2.20. The Morgan fingerprint density at radius 2 is 2.05 bits per heavy atom. The predicted octanol–water partition coefficient (Wildman–Crippen LogP) is 4.75. The summed E-state index contributed by atoms with van der Waals surface area (Å²) in [4.78, 5) is 10.3. The highest BCUT2D eigenvalue weighted by atomic mass is 19.1. The third kappa shape index (κ3) is 4.16. The molecule has 0 radical (unpaired) electrons. The van der Waals surface area contributed by atoms with Gasteiger partial charge in [0.25, 0.3) is 5.69 Å². The van der Waals surface area contributed by atoms with Crippen LogP contribution in [-0.4, -0.2) is 11.0 Å². The van der Waals surface area contributed by atoms with E-state index in [-0.39, 0.29) is 17.4 Å². The summed E-state index contributed by atoms with van der Waals surface area (Å²) in [6.45, 7) is 4.50. The number of hydrogen-bond acceptors (Lipinski definition) is 3. The van der Waals surface area contributed by atoms with Crippen LogP contribution in [0.25, 0.3) is 0 Å². The molecule has 0 aliphatic heterocycles. The Balaban J connectivity index is 2.04. The molecule has 116 valence electrons. The number of hydrogen-bond donors (Lipinski definition) is 1. The molecule has 4 nitrogen and oxygen atoms in total. The van der Waals surface area contributed by atoms with Crippen molar-refractivity contribution in [1.29, 1.82) is 0 Å². The zero-order chi connectivity index (χ0) is 15.4. The minimum absolute atomic E-state index is 0.0763. The highest BCUT2D eigenvalue weighted by Crippen LogP contribution is 2.31. The van der Waals surface area contributed by atoms with E-state index >= 15 is 0 Å². The molecule has 0 saturated heterocycles. The number of anilines is 1. The third-order valence-electron chi connectivity index (χ3n) is 4.48. The standard InChI is InChI=1S/C16H23FN2O2/c1-11(2)12-4-3-5-13(7-6-12)18-16-10-14(19(20)21)8-9-15(16)17/h8-13,18H,3-7H2,1-2H3. The number of non-ortho nitro benzene ring substituents is 1. The average Bonchev–Trinajstić information content (AvgIpc) is 2.66. The van der Waals surface area contributed by atoms with Crippen LogP contribution in [0.15, 0.2) is 18.2 Å². The molecule has 0 bridgehead atoms. The van der Waals surface area contributed by atoms with E-state index in [4.69, 9.17) is 0 Å². The Labute approximate surface area is 124 Å². The molecule has 1 aromatic carbocycles. The first kappa shape index (κ1) is 15.7. The average molecular weight is 294 g/mol. The van der Waals surface area contributed by atoms with Gasteiger partial charge < -0.3 is 5.32 Å². The molecule has 0 amide bonds. The van der Waals surface area contributed by atoms with Crippen LogP contribution < -0.4 is 5.32 Å². The number of halogens is 1. The predicted molar refractivity (Wildman–Crippen MR) is 81.9 cm³/mol. The van der Waals surface area contributed by atoms with E-state index in [9.17, 15) is 14.5 Å². The smallest absolute Gasteiger partial charge is 0.271 e. The van der Waals surface area contributed by atoms with Crippen molar-refractivity contribution in [2.24, 2.45) is 11.8 Å². The number of nitro groups is 1. The van der Waals surface area contributed by atoms with E-state index in [0.717, 1.165) is 37.7 Å². The fourth-order valence-electron chi connectivity index (χ4n) is 3.10. The lowest BCUT2D eigenvalue weighted by atomic mass is 9.89. The van der Waals surface area contributed by atoms with Crippen LogP contribution in [0.2, 0.25) is 0 Å². The lowest BCUT2D eigenvalue weighted by Crippen LogP contribution is -2.19.